The molecule has 0 atom stereocenters. The summed E-state index contributed by atoms with van der Waals surface area (Å²) in [6.07, 6.45) is -1.99. The van der Waals surface area contributed by atoms with Crippen LogP contribution in [0.1, 0.15) is 30.1 Å². The topological polar surface area (TPSA) is 135 Å². The Hall–Kier alpha value is -1.95. The third-order valence-corrected chi connectivity index (χ3v) is 5.77. The molecule has 0 spiro atoms. The van der Waals surface area contributed by atoms with Crippen molar-refractivity contribution in [3.05, 3.63) is 58.3 Å². The van der Waals surface area contributed by atoms with Crippen LogP contribution in [0.3, 0.4) is 0 Å². The van der Waals surface area contributed by atoms with Crippen molar-refractivity contribution < 1.29 is 68.9 Å². The van der Waals surface area contributed by atoms with Crippen molar-refractivity contribution in [2.75, 3.05) is 26.7 Å². The van der Waals surface area contributed by atoms with E-state index in [0.717, 1.165) is 12.1 Å². The molecule has 182 valence electrons. The van der Waals surface area contributed by atoms with Gasteiger partial charge in [0.2, 0.25) is 0 Å². The summed E-state index contributed by atoms with van der Waals surface area (Å²) >= 11 is 0. The zero-order valence-electron chi connectivity index (χ0n) is 19.5. The van der Waals surface area contributed by atoms with E-state index in [1.165, 1.54) is 13.1 Å². The number of aromatic nitrogens is 2. The van der Waals surface area contributed by atoms with Gasteiger partial charge >= 0.3 is 57.6 Å². The molecule has 0 radical (unpaired) electrons. The van der Waals surface area contributed by atoms with Crippen LogP contribution in [0.2, 0.25) is 0 Å². The number of alkyl halides is 3. The van der Waals surface area contributed by atoms with Gasteiger partial charge in [0, 0.05) is 43.9 Å². The number of nitrogens with one attached hydrogen (secondary N) is 1. The largest absolute Gasteiger partial charge is 1.00 e. The summed E-state index contributed by atoms with van der Waals surface area (Å²) in [7, 11) is 1.44. The standard InChI is InChI=1S/C22H25F4N8.K/c1-31-19(29)15(11-28)20(30)33-7-4-13(5-8-33)21-32-18(12-34(21)9-6-27)14-2-3-17(23)16(10-14)22(24,25)26;/h2-3,10,12-13,30H,4-9,27,29H2,1H3;/q-1;+1/b19-15-,30-20?;. The van der Waals surface area contributed by atoms with Crippen molar-refractivity contribution in [1.29, 1.82) is 10.7 Å². The maximum Gasteiger partial charge on any atom is 1.00 e. The molecule has 5 N–H and O–H groups in total. The van der Waals surface area contributed by atoms with E-state index < -0.39 is 17.6 Å². The second kappa shape index (κ2) is 12.3. The first-order valence-electron chi connectivity index (χ1n) is 10.6. The van der Waals surface area contributed by atoms with E-state index in [4.69, 9.17) is 16.9 Å². The van der Waals surface area contributed by atoms with Gasteiger partial charge in [-0.3, -0.25) is 5.41 Å². The molecule has 2 heterocycles. The molecule has 3 rings (SSSR count). The average Bonchev–Trinajstić information content (AvgIpc) is 3.23. The fraction of sp³-hybridized carbons (Fsp3) is 0.409. The van der Waals surface area contributed by atoms with E-state index in [1.54, 1.807) is 11.1 Å². The predicted molar refractivity (Wildman–Crippen MR) is 119 cm³/mol. The summed E-state index contributed by atoms with van der Waals surface area (Å²) in [4.78, 5) is 6.32. The molecule has 1 aliphatic rings. The van der Waals surface area contributed by atoms with E-state index in [1.807, 2.05) is 10.6 Å². The van der Waals surface area contributed by atoms with Crippen LogP contribution < -0.4 is 62.9 Å². The number of benzene rings is 1. The Morgan fingerprint density at radius 2 is 1.97 bits per heavy atom. The summed E-state index contributed by atoms with van der Waals surface area (Å²) in [5.74, 6) is -0.704. The SMILES string of the molecule is C[N-]/C(N)=C(/C#N)C(=N)N1CCC(c2nc(-c3ccc(F)c(C(F)(F)F)c3)cn2CCN)CC1.[K+]. The number of hydrogen-bond donors (Lipinski definition) is 3. The van der Waals surface area contributed by atoms with Crippen molar-refractivity contribution in [2.24, 2.45) is 11.5 Å². The van der Waals surface area contributed by atoms with Crippen LogP contribution in [0.15, 0.2) is 35.8 Å². The summed E-state index contributed by atoms with van der Waals surface area (Å²) in [5.41, 5.74) is 10.6. The number of likely N-dealkylation sites (tertiary alicyclic amines) is 1. The number of nitriles is 1. The second-order valence-corrected chi connectivity index (χ2v) is 7.86. The van der Waals surface area contributed by atoms with Gasteiger partial charge in [-0.1, -0.05) is 7.05 Å². The minimum atomic E-state index is -4.81. The minimum absolute atomic E-state index is 0. The molecule has 0 unspecified atom stereocenters. The average molecular weight is 517 g/mol. The molecule has 13 heteroatoms. The third-order valence-electron chi connectivity index (χ3n) is 5.77. The molecule has 1 aromatic heterocycles. The van der Waals surface area contributed by atoms with Crippen LogP contribution in [0.5, 0.6) is 0 Å². The summed E-state index contributed by atoms with van der Waals surface area (Å²) in [6.45, 7) is 1.65. The molecule has 0 aliphatic carbocycles. The van der Waals surface area contributed by atoms with E-state index >= 15 is 0 Å². The van der Waals surface area contributed by atoms with Gasteiger partial charge in [-0.25, -0.2) is 9.37 Å². The first kappa shape index (κ1) is 29.3. The van der Waals surface area contributed by atoms with Gasteiger partial charge in [0.1, 0.15) is 23.5 Å². The maximum absolute atomic E-state index is 13.7. The van der Waals surface area contributed by atoms with Crippen LogP contribution >= 0.6 is 0 Å². The smallest absolute Gasteiger partial charge is 0.494 e. The number of piperidine rings is 1. The Morgan fingerprint density at radius 3 is 2.51 bits per heavy atom. The van der Waals surface area contributed by atoms with E-state index in [0.29, 0.717) is 50.5 Å². The number of nitrogens with two attached hydrogens (primary N) is 2. The quantitative estimate of drug-likeness (QED) is 0.169. The number of halogens is 4. The van der Waals surface area contributed by atoms with Gasteiger partial charge in [-0.15, -0.1) is 0 Å². The molecular formula is C22H25F4KN8. The molecule has 1 aliphatic heterocycles. The first-order chi connectivity index (χ1) is 16.1. The van der Waals surface area contributed by atoms with E-state index in [2.05, 4.69) is 10.3 Å². The Labute approximate surface area is 243 Å². The third kappa shape index (κ3) is 6.63. The van der Waals surface area contributed by atoms with E-state index in [-0.39, 0.29) is 80.1 Å². The molecule has 1 saturated heterocycles. The molecule has 1 aromatic carbocycles. The molecule has 0 bridgehead atoms. The molecule has 8 nitrogen and oxygen atoms in total. The Morgan fingerprint density at radius 1 is 1.31 bits per heavy atom. The van der Waals surface area contributed by atoms with Crippen LogP contribution in [-0.4, -0.2) is 47.0 Å². The molecule has 0 saturated carbocycles. The normalized spacial score (nSPS) is 15.2. The van der Waals surface area contributed by atoms with E-state index in [9.17, 15) is 22.8 Å². The van der Waals surface area contributed by atoms with Gasteiger partial charge in [0.15, 0.2) is 0 Å². The molecule has 0 amide bonds. The number of rotatable bonds is 6. The Kier molecular flexibility index (Phi) is 10.3. The Balaban J connectivity index is 0.00000432. The molecular weight excluding hydrogens is 491 g/mol. The fourth-order valence-electron chi connectivity index (χ4n) is 3.98. The Bertz CT molecular complexity index is 1130. The van der Waals surface area contributed by atoms with Gasteiger partial charge in [0.05, 0.1) is 16.8 Å². The van der Waals surface area contributed by atoms with Crippen LogP contribution in [0.4, 0.5) is 17.6 Å². The zero-order chi connectivity index (χ0) is 25.0. The monoisotopic (exact) mass is 516 g/mol. The van der Waals surface area contributed by atoms with Crippen molar-refractivity contribution in [2.45, 2.75) is 31.5 Å². The maximum atomic E-state index is 13.7. The van der Waals surface area contributed by atoms with Gasteiger partial charge in [-0.2, -0.15) is 18.4 Å². The zero-order valence-corrected chi connectivity index (χ0v) is 22.7. The molecule has 1 fully saturated rings. The van der Waals surface area contributed by atoms with Crippen LogP contribution in [0.25, 0.3) is 16.6 Å². The van der Waals surface area contributed by atoms with Gasteiger partial charge < -0.3 is 26.3 Å². The number of nitrogens with zero attached hydrogens (tertiary/aromatic N) is 5. The van der Waals surface area contributed by atoms with Gasteiger partial charge in [0.25, 0.3) is 0 Å². The summed E-state index contributed by atoms with van der Waals surface area (Å²) < 4.78 is 55.0. The summed E-state index contributed by atoms with van der Waals surface area (Å²) in [5, 5.41) is 21.4. The second-order valence-electron chi connectivity index (χ2n) is 7.86. The number of imidazole rings is 1. The molecule has 35 heavy (non-hydrogen) atoms. The van der Waals surface area contributed by atoms with Crippen molar-refractivity contribution in [3.63, 3.8) is 0 Å². The van der Waals surface area contributed by atoms with Crippen LogP contribution in [0, 0.1) is 22.6 Å². The van der Waals surface area contributed by atoms with Crippen molar-refractivity contribution in [3.8, 4) is 17.3 Å². The predicted octanol–water partition coefficient (Wildman–Crippen LogP) is 0.525. The van der Waals surface area contributed by atoms with Crippen molar-refractivity contribution >= 4 is 5.84 Å². The van der Waals surface area contributed by atoms with Crippen molar-refractivity contribution in [1.82, 2.24) is 14.5 Å². The molecule has 2 aromatic rings. The number of amidine groups is 1. The first-order valence-corrected chi connectivity index (χ1v) is 10.6. The summed E-state index contributed by atoms with van der Waals surface area (Å²) in [6, 6.07) is 4.74. The number of hydrogen-bond acceptors (Lipinski definition) is 5. The fourth-order valence-corrected chi connectivity index (χ4v) is 3.98. The van der Waals surface area contributed by atoms with Gasteiger partial charge in [-0.05, 0) is 36.9 Å². The van der Waals surface area contributed by atoms with Crippen LogP contribution in [-0.2, 0) is 12.7 Å². The minimum Gasteiger partial charge on any atom is -0.494 e.